The number of amides is 1. The van der Waals surface area contributed by atoms with E-state index < -0.39 is 0 Å². The average molecular weight is 431 g/mol. The van der Waals surface area contributed by atoms with E-state index in [1.165, 1.54) is 0 Å². The van der Waals surface area contributed by atoms with Crippen molar-refractivity contribution in [3.05, 3.63) is 101 Å². The number of likely N-dealkylation sites (N-methyl/N-ethyl adjacent to an activating group) is 1. The van der Waals surface area contributed by atoms with E-state index >= 15 is 0 Å². The van der Waals surface area contributed by atoms with Gasteiger partial charge in [0.1, 0.15) is 5.69 Å². The summed E-state index contributed by atoms with van der Waals surface area (Å²) in [5, 5.41) is 10.0. The number of carbonyl (C=O) groups is 1. The normalized spacial score (nSPS) is 12.1. The maximum atomic E-state index is 13.4. The Labute approximate surface area is 187 Å². The Morgan fingerprint density at radius 2 is 1.74 bits per heavy atom. The van der Waals surface area contributed by atoms with Gasteiger partial charge in [0.25, 0.3) is 5.91 Å². The van der Waals surface area contributed by atoms with Gasteiger partial charge in [0.05, 0.1) is 23.0 Å². The van der Waals surface area contributed by atoms with Crippen molar-refractivity contribution in [3.8, 4) is 10.6 Å². The van der Waals surface area contributed by atoms with Crippen molar-refractivity contribution in [1.82, 2.24) is 20.0 Å². The first kappa shape index (κ1) is 21.0. The summed E-state index contributed by atoms with van der Waals surface area (Å²) in [6.45, 7) is 1.33. The van der Waals surface area contributed by atoms with Gasteiger partial charge in [-0.05, 0) is 36.7 Å². The number of rotatable bonds is 8. The molecule has 2 aromatic heterocycles. The molecule has 0 saturated carbocycles. The number of thiophene rings is 1. The summed E-state index contributed by atoms with van der Waals surface area (Å²) >= 11 is 1.59. The number of hydrogen-bond donors (Lipinski definition) is 1. The Kier molecular flexibility index (Phi) is 6.60. The molecule has 2 heterocycles. The maximum Gasteiger partial charge on any atom is 0.255 e. The first-order chi connectivity index (χ1) is 15.1. The molecule has 1 N–H and O–H groups in total. The zero-order chi connectivity index (χ0) is 21.6. The van der Waals surface area contributed by atoms with Crippen LogP contribution in [0.15, 0.2) is 84.4 Å². The highest BCUT2D eigenvalue weighted by Crippen LogP contribution is 2.27. The highest BCUT2D eigenvalue weighted by molar-refractivity contribution is 7.13. The molecule has 1 amide bonds. The number of hydrogen-bond acceptors (Lipinski definition) is 4. The Bertz CT molecular complexity index is 1110. The van der Waals surface area contributed by atoms with E-state index in [9.17, 15) is 4.79 Å². The van der Waals surface area contributed by atoms with Gasteiger partial charge in [-0.25, -0.2) is 0 Å². The minimum absolute atomic E-state index is 0.113. The monoisotopic (exact) mass is 430 g/mol. The maximum absolute atomic E-state index is 13.4. The van der Waals surface area contributed by atoms with Crippen LogP contribution in [0.3, 0.4) is 0 Å². The third kappa shape index (κ3) is 5.29. The Hall–Kier alpha value is -3.22. The number of carbonyl (C=O) groups excluding carboxylic acids is 1. The van der Waals surface area contributed by atoms with Gasteiger partial charge < -0.3 is 10.2 Å². The number of nitrogens with one attached hydrogen (secondary N) is 1. The van der Waals surface area contributed by atoms with Gasteiger partial charge in [-0.15, -0.1) is 11.3 Å². The Morgan fingerprint density at radius 3 is 2.39 bits per heavy atom. The van der Waals surface area contributed by atoms with Crippen LogP contribution in [0.2, 0.25) is 0 Å². The van der Waals surface area contributed by atoms with E-state index in [1.807, 2.05) is 91.0 Å². The van der Waals surface area contributed by atoms with Crippen molar-refractivity contribution >= 4 is 17.2 Å². The van der Waals surface area contributed by atoms with Gasteiger partial charge in [-0.2, -0.15) is 5.10 Å². The van der Waals surface area contributed by atoms with Crippen molar-refractivity contribution in [3.63, 3.8) is 0 Å². The summed E-state index contributed by atoms with van der Waals surface area (Å²) in [7, 11) is 4.02. The number of aromatic nitrogens is 2. The molecule has 0 aliphatic rings. The number of nitrogens with zero attached hydrogens (tertiary/aromatic N) is 3. The molecule has 0 spiro atoms. The lowest BCUT2D eigenvalue weighted by Crippen LogP contribution is -2.35. The van der Waals surface area contributed by atoms with Crippen LogP contribution < -0.4 is 5.32 Å². The predicted octanol–water partition coefficient (Wildman–Crippen LogP) is 4.69. The van der Waals surface area contributed by atoms with Crippen LogP contribution in [0.4, 0.5) is 0 Å². The minimum atomic E-state index is -0.114. The second-order valence-electron chi connectivity index (χ2n) is 7.75. The lowest BCUT2D eigenvalue weighted by Gasteiger charge is -2.22. The van der Waals surface area contributed by atoms with Crippen LogP contribution in [-0.2, 0) is 6.54 Å². The molecule has 158 valence electrons. The molecule has 6 heteroatoms. The third-order valence-corrected chi connectivity index (χ3v) is 5.88. The standard InChI is InChI=1S/C25H26N4OS/c1-28(2)18-22(20-12-7-4-8-13-20)26-25(30)21-17-29(16-19-10-5-3-6-11-19)27-24(21)23-14-9-15-31-23/h3-15,17,22H,16,18H2,1-2H3,(H,26,30). The molecule has 1 atom stereocenters. The van der Waals surface area contributed by atoms with E-state index in [0.29, 0.717) is 18.7 Å². The van der Waals surface area contributed by atoms with Gasteiger partial charge in [0, 0.05) is 12.7 Å². The smallest absolute Gasteiger partial charge is 0.255 e. The molecule has 0 fully saturated rings. The molecular weight excluding hydrogens is 404 g/mol. The third-order valence-electron chi connectivity index (χ3n) is 5.00. The summed E-state index contributed by atoms with van der Waals surface area (Å²) in [5.41, 5.74) is 3.54. The fourth-order valence-corrected chi connectivity index (χ4v) is 4.28. The SMILES string of the molecule is CN(C)CC(NC(=O)c1cn(Cc2ccccc2)nc1-c1cccs1)c1ccccc1. The van der Waals surface area contributed by atoms with Gasteiger partial charge in [0.15, 0.2) is 0 Å². The van der Waals surface area contributed by atoms with Gasteiger partial charge in [-0.1, -0.05) is 66.7 Å². The highest BCUT2D eigenvalue weighted by atomic mass is 32.1. The molecule has 0 bridgehead atoms. The average Bonchev–Trinajstić information content (AvgIpc) is 3.44. The van der Waals surface area contributed by atoms with E-state index in [-0.39, 0.29) is 11.9 Å². The van der Waals surface area contributed by atoms with E-state index in [1.54, 1.807) is 11.3 Å². The lowest BCUT2D eigenvalue weighted by molar-refractivity contribution is 0.0930. The van der Waals surface area contributed by atoms with E-state index in [4.69, 9.17) is 5.10 Å². The van der Waals surface area contributed by atoms with Crippen molar-refractivity contribution < 1.29 is 4.79 Å². The van der Waals surface area contributed by atoms with Gasteiger partial charge >= 0.3 is 0 Å². The fourth-order valence-electron chi connectivity index (χ4n) is 3.56. The molecule has 31 heavy (non-hydrogen) atoms. The van der Waals surface area contributed by atoms with E-state index in [0.717, 1.165) is 21.7 Å². The van der Waals surface area contributed by atoms with Gasteiger partial charge in [0.2, 0.25) is 0 Å². The molecule has 0 radical (unpaired) electrons. The van der Waals surface area contributed by atoms with Gasteiger partial charge in [-0.3, -0.25) is 9.48 Å². The van der Waals surface area contributed by atoms with Crippen LogP contribution in [0.1, 0.15) is 27.5 Å². The Balaban J connectivity index is 1.64. The lowest BCUT2D eigenvalue weighted by atomic mass is 10.1. The molecular formula is C25H26N4OS. The quantitative estimate of drug-likeness (QED) is 0.441. The molecule has 0 saturated heterocycles. The van der Waals surface area contributed by atoms with Crippen molar-refractivity contribution in [2.75, 3.05) is 20.6 Å². The fraction of sp³-hybridized carbons (Fsp3) is 0.200. The molecule has 1 unspecified atom stereocenters. The van der Waals surface area contributed by atoms with Crippen molar-refractivity contribution in [1.29, 1.82) is 0 Å². The zero-order valence-corrected chi connectivity index (χ0v) is 18.5. The largest absolute Gasteiger partial charge is 0.344 e. The zero-order valence-electron chi connectivity index (χ0n) is 17.7. The van der Waals surface area contributed by atoms with Crippen LogP contribution in [0, 0.1) is 0 Å². The second kappa shape index (κ2) is 9.73. The Morgan fingerprint density at radius 1 is 1.03 bits per heavy atom. The second-order valence-corrected chi connectivity index (χ2v) is 8.70. The molecule has 2 aromatic carbocycles. The molecule has 0 aliphatic heterocycles. The first-order valence-electron chi connectivity index (χ1n) is 10.3. The predicted molar refractivity (Wildman–Crippen MR) is 126 cm³/mol. The summed E-state index contributed by atoms with van der Waals surface area (Å²) < 4.78 is 1.85. The first-order valence-corrected chi connectivity index (χ1v) is 11.1. The topological polar surface area (TPSA) is 50.2 Å². The molecule has 5 nitrogen and oxygen atoms in total. The van der Waals surface area contributed by atoms with Crippen LogP contribution in [0.5, 0.6) is 0 Å². The minimum Gasteiger partial charge on any atom is -0.344 e. The van der Waals surface area contributed by atoms with Crippen molar-refractivity contribution in [2.24, 2.45) is 0 Å². The van der Waals surface area contributed by atoms with Crippen LogP contribution in [0.25, 0.3) is 10.6 Å². The van der Waals surface area contributed by atoms with Crippen molar-refractivity contribution in [2.45, 2.75) is 12.6 Å². The molecule has 4 aromatic rings. The number of benzene rings is 2. The summed E-state index contributed by atoms with van der Waals surface area (Å²) in [6, 6.07) is 24.1. The van der Waals surface area contributed by atoms with Crippen LogP contribution in [-0.4, -0.2) is 41.2 Å². The molecule has 0 aliphatic carbocycles. The van der Waals surface area contributed by atoms with E-state index in [2.05, 4.69) is 22.3 Å². The van der Waals surface area contributed by atoms with Crippen LogP contribution >= 0.6 is 11.3 Å². The highest BCUT2D eigenvalue weighted by Gasteiger charge is 2.22. The summed E-state index contributed by atoms with van der Waals surface area (Å²) in [5.74, 6) is -0.113. The summed E-state index contributed by atoms with van der Waals surface area (Å²) in [4.78, 5) is 16.5. The molecule has 4 rings (SSSR count). The summed E-state index contributed by atoms with van der Waals surface area (Å²) in [6.07, 6.45) is 1.86.